The first-order valence-electron chi connectivity index (χ1n) is 1.53. The lowest BCUT2D eigenvalue weighted by molar-refractivity contribution is 0.225. The van der Waals surface area contributed by atoms with Crippen LogP contribution in [0, 0.1) is 0 Å². The second-order valence-corrected chi connectivity index (χ2v) is 3.68. The van der Waals surface area contributed by atoms with Crippen LogP contribution < -0.4 is 6.15 Å². The van der Waals surface area contributed by atoms with E-state index in [1.807, 2.05) is 0 Å². The van der Waals surface area contributed by atoms with Crippen molar-refractivity contribution < 1.29 is 33.0 Å². The van der Waals surface area contributed by atoms with Gasteiger partial charge in [0.25, 0.3) is 0 Å². The molecule has 0 bridgehead atoms. The van der Waals surface area contributed by atoms with Crippen LogP contribution in [0.5, 0.6) is 0 Å². The van der Waals surface area contributed by atoms with Crippen LogP contribution in [-0.2, 0) is 13.4 Å². The van der Waals surface area contributed by atoms with Gasteiger partial charge < -0.3 is 25.7 Å². The fraction of sp³-hybridized carbons (Fsp3) is 0. The van der Waals surface area contributed by atoms with Crippen molar-refractivity contribution >= 4 is 38.7 Å². The highest BCUT2D eigenvalue weighted by Crippen LogP contribution is 2.53. The van der Waals surface area contributed by atoms with E-state index in [0.717, 1.165) is 0 Å². The molecule has 0 aliphatic carbocycles. The topological polar surface area (TPSA) is 159 Å². The van der Waals surface area contributed by atoms with Gasteiger partial charge in [-0.05, 0) is 0 Å². The Kier molecular flexibility index (Phi) is 9.12. The number of rotatable bonds is 2. The van der Waals surface area contributed by atoms with Crippen molar-refractivity contribution in [3.05, 3.63) is 0 Å². The Morgan fingerprint density at radius 1 is 0.909 bits per heavy atom. The zero-order valence-electron chi connectivity index (χ0n) is 4.62. The van der Waals surface area contributed by atoms with Gasteiger partial charge in [0.15, 0.2) is 0 Å². The lowest BCUT2D eigenvalue weighted by Gasteiger charge is -2.03. The van der Waals surface area contributed by atoms with Crippen LogP contribution in [0.25, 0.3) is 0 Å². The van der Waals surface area contributed by atoms with Crippen molar-refractivity contribution in [3.63, 3.8) is 0 Å². The summed E-state index contributed by atoms with van der Waals surface area (Å²) in [6.07, 6.45) is 0. The Morgan fingerprint density at radius 3 is 1.09 bits per heavy atom. The van der Waals surface area contributed by atoms with Crippen LogP contribution in [0.1, 0.15) is 0 Å². The molecule has 0 fully saturated rings. The second kappa shape index (κ2) is 5.60. The maximum Gasteiger partial charge on any atom is 0.478 e. The van der Waals surface area contributed by atoms with Gasteiger partial charge in [0.1, 0.15) is 0 Å². The van der Waals surface area contributed by atoms with Crippen LogP contribution in [-0.4, -0.2) is 42.6 Å². The molecule has 7 N–H and O–H groups in total. The minimum Gasteiger partial charge on any atom is -0.344 e. The van der Waals surface area contributed by atoms with E-state index in [4.69, 9.17) is 19.6 Å². The maximum atomic E-state index is 9.63. The molecule has 0 saturated heterocycles. The van der Waals surface area contributed by atoms with Crippen molar-refractivity contribution in [1.82, 2.24) is 6.15 Å². The van der Waals surface area contributed by atoms with E-state index >= 15 is 0 Å². The number of hydrogen-bond donors (Lipinski definition) is 5. The van der Waals surface area contributed by atoms with Crippen molar-refractivity contribution in [2.45, 2.75) is 0 Å². The summed E-state index contributed by atoms with van der Waals surface area (Å²) in [4.78, 5) is 31.0. The normalized spacial score (nSPS) is 11.3. The third-order valence-corrected chi connectivity index (χ3v) is 1.91. The summed E-state index contributed by atoms with van der Waals surface area (Å²) < 4.78 is 22.2. The van der Waals surface area contributed by atoms with Gasteiger partial charge >= 0.3 is 38.7 Å². The highest BCUT2D eigenvalue weighted by molar-refractivity contribution is 7.60. The smallest absolute Gasteiger partial charge is 0.344 e. The number of hydrogen-bond acceptors (Lipinski definition) is 4. The zero-order valence-corrected chi connectivity index (χ0v) is 6.40. The predicted octanol–water partition coefficient (Wildman–Crippen LogP) is -1.57. The van der Waals surface area contributed by atoms with Gasteiger partial charge in [0.05, 0.1) is 0 Å². The zero-order chi connectivity index (χ0) is 7.71. The molecule has 0 aliphatic rings. The first-order chi connectivity index (χ1) is 3.71. The molecule has 0 spiro atoms. The Bertz CT molecular complexity index is 157. The molecular formula is H9MgNO7P2. The molecule has 11 heavy (non-hydrogen) atoms. The number of phosphoric acid groups is 2. The van der Waals surface area contributed by atoms with Crippen LogP contribution in [0.15, 0.2) is 0 Å². The fourth-order valence-corrected chi connectivity index (χ4v) is 1.25. The van der Waals surface area contributed by atoms with E-state index in [1.54, 1.807) is 0 Å². The van der Waals surface area contributed by atoms with Gasteiger partial charge in [0.2, 0.25) is 0 Å². The quantitative estimate of drug-likeness (QED) is 0.276. The third-order valence-electron chi connectivity index (χ3n) is 0.213. The van der Waals surface area contributed by atoms with Gasteiger partial charge in [-0.3, -0.25) is 0 Å². The first kappa shape index (κ1) is 17.9. The van der Waals surface area contributed by atoms with Crippen molar-refractivity contribution in [3.8, 4) is 0 Å². The summed E-state index contributed by atoms with van der Waals surface area (Å²) in [6, 6.07) is 0. The molecule has 0 aromatic carbocycles. The molecule has 0 aromatic rings. The second-order valence-electron chi connectivity index (χ2n) is 1.06. The molecule has 0 rings (SSSR count). The monoisotopic (exact) mass is 221 g/mol. The molecule has 11 heteroatoms. The minimum atomic E-state index is -5.05. The Balaban J connectivity index is -0.000000320. The summed E-state index contributed by atoms with van der Waals surface area (Å²) in [5, 5.41) is 0. The first-order valence-corrected chi connectivity index (χ1v) is 4.59. The summed E-state index contributed by atoms with van der Waals surface area (Å²) in [7, 11) is -10.1. The SMILES string of the molecule is N.O=P(O)(O)OP(=O)(O)O.[MgH2]. The van der Waals surface area contributed by atoms with Gasteiger partial charge in [-0.2, -0.15) is 4.31 Å². The van der Waals surface area contributed by atoms with Crippen LogP contribution in [0.3, 0.4) is 0 Å². The predicted molar refractivity (Wildman–Crippen MR) is 38.7 cm³/mol. The third kappa shape index (κ3) is 18.2. The van der Waals surface area contributed by atoms with Gasteiger partial charge in [-0.1, -0.05) is 0 Å². The molecule has 68 valence electrons. The van der Waals surface area contributed by atoms with Crippen LogP contribution >= 0.6 is 15.6 Å². The van der Waals surface area contributed by atoms with Gasteiger partial charge in [-0.25, -0.2) is 9.13 Å². The fourth-order valence-electron chi connectivity index (χ4n) is 0.139. The Hall–Kier alpha value is 0.986. The molecule has 0 heterocycles. The molecule has 0 unspecified atom stereocenters. The minimum absolute atomic E-state index is 0. The van der Waals surface area contributed by atoms with E-state index in [0.29, 0.717) is 0 Å². The lowest BCUT2D eigenvalue weighted by atomic mass is 14.0. The lowest BCUT2D eigenvalue weighted by Crippen LogP contribution is -1.84. The van der Waals surface area contributed by atoms with Crippen molar-refractivity contribution in [2.24, 2.45) is 0 Å². The van der Waals surface area contributed by atoms with Gasteiger partial charge in [-0.15, -0.1) is 0 Å². The molecule has 0 atom stereocenters. The maximum absolute atomic E-state index is 9.63. The van der Waals surface area contributed by atoms with Crippen molar-refractivity contribution in [2.75, 3.05) is 0 Å². The summed E-state index contributed by atoms with van der Waals surface area (Å²) in [6.45, 7) is 0. The molecule has 8 nitrogen and oxygen atoms in total. The summed E-state index contributed by atoms with van der Waals surface area (Å²) in [5.74, 6) is 0. The standard InChI is InChI=1S/Mg.H3N.H4O7P2.2H/c;;1-8(2,3)7-9(4,5)6;;/h;1H3;(H2,1,2,3)(H2,4,5,6);;. The molecular weight excluding hydrogens is 212 g/mol. The summed E-state index contributed by atoms with van der Waals surface area (Å²) in [5.41, 5.74) is 0. The van der Waals surface area contributed by atoms with Crippen LogP contribution in [0.2, 0.25) is 0 Å². The average Bonchev–Trinajstić information content (AvgIpc) is 1.14. The van der Waals surface area contributed by atoms with E-state index < -0.39 is 15.6 Å². The summed E-state index contributed by atoms with van der Waals surface area (Å²) >= 11 is 0. The highest BCUT2D eigenvalue weighted by atomic mass is 31.3. The van der Waals surface area contributed by atoms with E-state index in [2.05, 4.69) is 4.31 Å². The average molecular weight is 221 g/mol. The molecule has 0 aromatic heterocycles. The van der Waals surface area contributed by atoms with E-state index in [-0.39, 0.29) is 29.2 Å². The van der Waals surface area contributed by atoms with Crippen molar-refractivity contribution in [1.29, 1.82) is 0 Å². The highest BCUT2D eigenvalue weighted by Gasteiger charge is 2.27. The van der Waals surface area contributed by atoms with Crippen LogP contribution in [0.4, 0.5) is 0 Å². The molecule has 0 saturated carbocycles. The largest absolute Gasteiger partial charge is 0.478 e. The van der Waals surface area contributed by atoms with E-state index in [9.17, 15) is 9.13 Å². The molecule has 0 radical (unpaired) electrons. The Labute approximate surface area is 78.2 Å². The molecule has 0 aliphatic heterocycles. The Morgan fingerprint density at radius 2 is 1.09 bits per heavy atom. The van der Waals surface area contributed by atoms with E-state index in [1.165, 1.54) is 0 Å². The van der Waals surface area contributed by atoms with Gasteiger partial charge in [0, 0.05) is 0 Å². The molecule has 0 amide bonds.